The van der Waals surface area contributed by atoms with Crippen molar-refractivity contribution in [1.29, 1.82) is 0 Å². The van der Waals surface area contributed by atoms with E-state index in [2.05, 4.69) is 5.32 Å². The van der Waals surface area contributed by atoms with Gasteiger partial charge in [-0.25, -0.2) is 0 Å². The second-order valence-electron chi connectivity index (χ2n) is 4.77. The molecule has 1 fully saturated rings. The second-order valence-corrected chi connectivity index (χ2v) is 4.77. The van der Waals surface area contributed by atoms with Gasteiger partial charge in [-0.3, -0.25) is 4.79 Å². The molecule has 0 spiro atoms. The molecule has 3 N–H and O–H groups in total. The van der Waals surface area contributed by atoms with Crippen LogP contribution in [-0.4, -0.2) is 44.0 Å². The maximum atomic E-state index is 12.2. The molecular weight excluding hydrogens is 202 g/mol. The van der Waals surface area contributed by atoms with Crippen molar-refractivity contribution in [2.24, 2.45) is 11.7 Å². The summed E-state index contributed by atoms with van der Waals surface area (Å²) in [4.78, 5) is 14.0. The molecule has 94 valence electrons. The molecule has 1 rings (SSSR count). The molecule has 0 bridgehead atoms. The molecular formula is C12H25N3O. The van der Waals surface area contributed by atoms with Crippen molar-refractivity contribution in [2.75, 3.05) is 27.2 Å². The third kappa shape index (κ3) is 3.76. The summed E-state index contributed by atoms with van der Waals surface area (Å²) in [6.45, 7) is 1.60. The van der Waals surface area contributed by atoms with Crippen molar-refractivity contribution < 1.29 is 4.79 Å². The SMILES string of the molecule is CNCCN(C)C(=O)C1CCCCCC1N. The van der Waals surface area contributed by atoms with Gasteiger partial charge in [-0.1, -0.05) is 19.3 Å². The molecule has 0 saturated heterocycles. The Labute approximate surface area is 98.6 Å². The number of rotatable bonds is 4. The molecule has 1 saturated carbocycles. The Bertz CT molecular complexity index is 220. The molecule has 2 atom stereocenters. The van der Waals surface area contributed by atoms with Crippen molar-refractivity contribution in [3.05, 3.63) is 0 Å². The molecule has 0 aromatic rings. The Hall–Kier alpha value is -0.610. The largest absolute Gasteiger partial charge is 0.344 e. The average Bonchev–Trinajstić information content (AvgIpc) is 2.49. The van der Waals surface area contributed by atoms with Crippen LogP contribution in [0.1, 0.15) is 32.1 Å². The topological polar surface area (TPSA) is 58.4 Å². The lowest BCUT2D eigenvalue weighted by molar-refractivity contribution is -0.135. The molecule has 2 unspecified atom stereocenters. The predicted octanol–water partition coefficient (Wildman–Crippen LogP) is 0.572. The van der Waals surface area contributed by atoms with Crippen LogP contribution in [-0.2, 0) is 4.79 Å². The van der Waals surface area contributed by atoms with Gasteiger partial charge in [0.15, 0.2) is 0 Å². The molecule has 0 aliphatic heterocycles. The van der Waals surface area contributed by atoms with Crippen LogP contribution in [0.25, 0.3) is 0 Å². The standard InChI is InChI=1S/C12H25N3O/c1-14-8-9-15(2)12(16)10-6-4-3-5-7-11(10)13/h10-11,14H,3-9,13H2,1-2H3. The summed E-state index contributed by atoms with van der Waals surface area (Å²) in [6, 6.07) is 0.0621. The van der Waals surface area contributed by atoms with Crippen LogP contribution < -0.4 is 11.1 Å². The van der Waals surface area contributed by atoms with Crippen LogP contribution in [0.4, 0.5) is 0 Å². The second kappa shape index (κ2) is 6.86. The number of nitrogens with two attached hydrogens (primary N) is 1. The van der Waals surface area contributed by atoms with Crippen LogP contribution in [0.2, 0.25) is 0 Å². The maximum Gasteiger partial charge on any atom is 0.227 e. The van der Waals surface area contributed by atoms with Crippen LogP contribution in [0.3, 0.4) is 0 Å². The van der Waals surface area contributed by atoms with Gasteiger partial charge in [0.2, 0.25) is 5.91 Å². The van der Waals surface area contributed by atoms with Gasteiger partial charge >= 0.3 is 0 Å². The summed E-state index contributed by atoms with van der Waals surface area (Å²) in [5.74, 6) is 0.272. The van der Waals surface area contributed by atoms with E-state index in [1.54, 1.807) is 0 Å². The Morgan fingerprint density at radius 1 is 1.38 bits per heavy atom. The molecule has 0 radical (unpaired) electrons. The smallest absolute Gasteiger partial charge is 0.227 e. The van der Waals surface area contributed by atoms with Crippen molar-refractivity contribution in [1.82, 2.24) is 10.2 Å². The highest BCUT2D eigenvalue weighted by atomic mass is 16.2. The van der Waals surface area contributed by atoms with E-state index in [1.165, 1.54) is 12.8 Å². The molecule has 1 aliphatic rings. The van der Waals surface area contributed by atoms with Gasteiger partial charge in [-0.15, -0.1) is 0 Å². The zero-order valence-electron chi connectivity index (χ0n) is 10.5. The molecule has 0 aromatic heterocycles. The number of likely N-dealkylation sites (N-methyl/N-ethyl adjacent to an activating group) is 2. The first-order valence-corrected chi connectivity index (χ1v) is 6.32. The minimum absolute atomic E-state index is 0.0457. The maximum absolute atomic E-state index is 12.2. The Kier molecular flexibility index (Phi) is 5.77. The van der Waals surface area contributed by atoms with E-state index in [-0.39, 0.29) is 17.9 Å². The van der Waals surface area contributed by atoms with Crippen molar-refractivity contribution in [2.45, 2.75) is 38.1 Å². The highest BCUT2D eigenvalue weighted by molar-refractivity contribution is 5.79. The van der Waals surface area contributed by atoms with E-state index < -0.39 is 0 Å². The third-order valence-electron chi connectivity index (χ3n) is 3.46. The molecule has 4 nitrogen and oxygen atoms in total. The van der Waals surface area contributed by atoms with Gasteiger partial charge in [0.25, 0.3) is 0 Å². The van der Waals surface area contributed by atoms with Crippen LogP contribution >= 0.6 is 0 Å². The van der Waals surface area contributed by atoms with Crippen LogP contribution in [0, 0.1) is 5.92 Å². The Morgan fingerprint density at radius 2 is 2.06 bits per heavy atom. The minimum Gasteiger partial charge on any atom is -0.344 e. The molecule has 1 amide bonds. The number of nitrogens with zero attached hydrogens (tertiary/aromatic N) is 1. The summed E-state index contributed by atoms with van der Waals surface area (Å²) in [7, 11) is 3.77. The fraction of sp³-hybridized carbons (Fsp3) is 0.917. The number of carbonyl (C=O) groups excluding carboxylic acids is 1. The monoisotopic (exact) mass is 227 g/mol. The highest BCUT2D eigenvalue weighted by Gasteiger charge is 2.28. The van der Waals surface area contributed by atoms with Gasteiger partial charge in [-0.2, -0.15) is 0 Å². The number of hydrogen-bond donors (Lipinski definition) is 2. The summed E-state index contributed by atoms with van der Waals surface area (Å²) >= 11 is 0. The van der Waals surface area contributed by atoms with E-state index in [4.69, 9.17) is 5.73 Å². The zero-order valence-corrected chi connectivity index (χ0v) is 10.5. The lowest BCUT2D eigenvalue weighted by atomic mass is 9.94. The van der Waals surface area contributed by atoms with Crippen LogP contribution in [0.5, 0.6) is 0 Å². The van der Waals surface area contributed by atoms with Crippen LogP contribution in [0.15, 0.2) is 0 Å². The van der Waals surface area contributed by atoms with E-state index in [0.29, 0.717) is 0 Å². The van der Waals surface area contributed by atoms with Gasteiger partial charge in [-0.05, 0) is 19.9 Å². The van der Waals surface area contributed by atoms with Crippen molar-refractivity contribution >= 4 is 5.91 Å². The zero-order chi connectivity index (χ0) is 12.0. The minimum atomic E-state index is 0.0457. The number of carbonyl (C=O) groups is 1. The van der Waals surface area contributed by atoms with E-state index in [1.807, 2.05) is 19.0 Å². The van der Waals surface area contributed by atoms with Gasteiger partial charge in [0, 0.05) is 26.2 Å². The first kappa shape index (κ1) is 13.5. The normalized spacial score (nSPS) is 26.2. The molecule has 16 heavy (non-hydrogen) atoms. The average molecular weight is 227 g/mol. The summed E-state index contributed by atoms with van der Waals surface area (Å²) in [6.07, 6.45) is 5.49. The highest BCUT2D eigenvalue weighted by Crippen LogP contribution is 2.23. The molecule has 4 heteroatoms. The van der Waals surface area contributed by atoms with Crippen molar-refractivity contribution in [3.63, 3.8) is 0 Å². The van der Waals surface area contributed by atoms with E-state index in [0.717, 1.165) is 32.4 Å². The summed E-state index contributed by atoms with van der Waals surface area (Å²) in [5.41, 5.74) is 6.08. The third-order valence-corrected chi connectivity index (χ3v) is 3.46. The Morgan fingerprint density at radius 3 is 2.75 bits per heavy atom. The van der Waals surface area contributed by atoms with E-state index >= 15 is 0 Å². The number of amides is 1. The predicted molar refractivity (Wildman–Crippen MR) is 66.1 cm³/mol. The van der Waals surface area contributed by atoms with Crippen molar-refractivity contribution in [3.8, 4) is 0 Å². The molecule has 0 heterocycles. The lowest BCUT2D eigenvalue weighted by Gasteiger charge is -2.26. The first-order chi connectivity index (χ1) is 7.66. The fourth-order valence-electron chi connectivity index (χ4n) is 2.32. The molecule has 0 aromatic carbocycles. The van der Waals surface area contributed by atoms with Gasteiger partial charge in [0.05, 0.1) is 5.92 Å². The number of nitrogens with one attached hydrogen (secondary N) is 1. The number of hydrogen-bond acceptors (Lipinski definition) is 3. The molecule has 1 aliphatic carbocycles. The van der Waals surface area contributed by atoms with Gasteiger partial charge < -0.3 is 16.0 Å². The summed E-state index contributed by atoms with van der Waals surface area (Å²) < 4.78 is 0. The summed E-state index contributed by atoms with van der Waals surface area (Å²) in [5, 5.41) is 3.05. The Balaban J connectivity index is 2.49. The van der Waals surface area contributed by atoms with E-state index in [9.17, 15) is 4.79 Å². The first-order valence-electron chi connectivity index (χ1n) is 6.32. The quantitative estimate of drug-likeness (QED) is 0.690. The lowest BCUT2D eigenvalue weighted by Crippen LogP contribution is -2.43. The fourth-order valence-corrected chi connectivity index (χ4v) is 2.32. The van der Waals surface area contributed by atoms with Gasteiger partial charge in [0.1, 0.15) is 0 Å².